The summed E-state index contributed by atoms with van der Waals surface area (Å²) in [7, 11) is 1.79. The maximum absolute atomic E-state index is 10.4. The molecular weight excluding hydrogens is 314 g/mol. The standard InChI is InChI=1S/C20H39N3O2/c1-4-21-18(22-15-19(2)10-6-5-9-17(19)24)23-16-20(13-14-25-3)11-7-8-12-20/h17,24H,4-16H2,1-3H3,(H2,21,22,23). The lowest BCUT2D eigenvalue weighted by Gasteiger charge is -2.39. The molecule has 2 unspecified atom stereocenters. The highest BCUT2D eigenvalue weighted by Gasteiger charge is 2.36. The van der Waals surface area contributed by atoms with Crippen LogP contribution in [0.1, 0.15) is 71.6 Å². The number of nitrogens with zero attached hydrogens (tertiary/aromatic N) is 1. The molecule has 2 aliphatic rings. The van der Waals surface area contributed by atoms with Gasteiger partial charge in [0.1, 0.15) is 0 Å². The highest BCUT2D eigenvalue weighted by Crippen LogP contribution is 2.41. The molecule has 5 heteroatoms. The molecule has 2 rings (SSSR count). The van der Waals surface area contributed by atoms with E-state index < -0.39 is 0 Å². The molecule has 2 atom stereocenters. The Labute approximate surface area is 154 Å². The molecule has 0 aliphatic heterocycles. The van der Waals surface area contributed by atoms with Crippen molar-refractivity contribution in [3.8, 4) is 0 Å². The monoisotopic (exact) mass is 353 g/mol. The molecule has 0 spiro atoms. The summed E-state index contributed by atoms with van der Waals surface area (Å²) in [5, 5.41) is 17.3. The van der Waals surface area contributed by atoms with Gasteiger partial charge in [0.25, 0.3) is 0 Å². The van der Waals surface area contributed by atoms with Crippen LogP contribution in [0.3, 0.4) is 0 Å². The number of hydrogen-bond acceptors (Lipinski definition) is 3. The van der Waals surface area contributed by atoms with Crippen molar-refractivity contribution in [2.75, 3.05) is 33.4 Å². The smallest absolute Gasteiger partial charge is 0.191 e. The maximum atomic E-state index is 10.4. The van der Waals surface area contributed by atoms with E-state index in [0.717, 1.165) is 57.9 Å². The van der Waals surface area contributed by atoms with Gasteiger partial charge in [-0.05, 0) is 44.4 Å². The summed E-state index contributed by atoms with van der Waals surface area (Å²) < 4.78 is 5.33. The SMILES string of the molecule is CCNC(=NCC1(CCOC)CCCC1)NCC1(C)CCCCC1O. The van der Waals surface area contributed by atoms with Crippen LogP contribution in [0.5, 0.6) is 0 Å². The molecule has 2 aliphatic carbocycles. The van der Waals surface area contributed by atoms with Crippen molar-refractivity contribution in [3.63, 3.8) is 0 Å². The number of aliphatic hydroxyl groups is 1. The number of ether oxygens (including phenoxy) is 1. The zero-order chi connectivity index (χ0) is 18.2. The van der Waals surface area contributed by atoms with Crippen molar-refractivity contribution < 1.29 is 9.84 Å². The van der Waals surface area contributed by atoms with Gasteiger partial charge in [-0.2, -0.15) is 0 Å². The maximum Gasteiger partial charge on any atom is 0.191 e. The zero-order valence-corrected chi connectivity index (χ0v) is 16.6. The minimum absolute atomic E-state index is 0.0461. The average Bonchev–Trinajstić information content (AvgIpc) is 3.08. The molecule has 3 N–H and O–H groups in total. The first-order valence-corrected chi connectivity index (χ1v) is 10.2. The van der Waals surface area contributed by atoms with Gasteiger partial charge in [0.05, 0.1) is 6.10 Å². The lowest BCUT2D eigenvalue weighted by atomic mass is 9.73. The zero-order valence-electron chi connectivity index (χ0n) is 16.6. The molecule has 0 aromatic carbocycles. The van der Waals surface area contributed by atoms with Crippen LogP contribution in [0.15, 0.2) is 4.99 Å². The summed E-state index contributed by atoms with van der Waals surface area (Å²) in [5.74, 6) is 0.894. The van der Waals surface area contributed by atoms with Gasteiger partial charge in [-0.3, -0.25) is 4.99 Å². The third kappa shape index (κ3) is 5.85. The van der Waals surface area contributed by atoms with Crippen molar-refractivity contribution in [1.29, 1.82) is 0 Å². The van der Waals surface area contributed by atoms with E-state index in [2.05, 4.69) is 24.5 Å². The fourth-order valence-electron chi connectivity index (χ4n) is 4.39. The van der Waals surface area contributed by atoms with Crippen LogP contribution < -0.4 is 10.6 Å². The highest BCUT2D eigenvalue weighted by molar-refractivity contribution is 5.79. The number of guanidine groups is 1. The molecule has 0 amide bonds. The fraction of sp³-hybridized carbons (Fsp3) is 0.950. The summed E-state index contributed by atoms with van der Waals surface area (Å²) in [6.45, 7) is 7.63. The summed E-state index contributed by atoms with van der Waals surface area (Å²) >= 11 is 0. The summed E-state index contributed by atoms with van der Waals surface area (Å²) in [6.07, 6.45) is 10.4. The molecule has 0 radical (unpaired) electrons. The van der Waals surface area contributed by atoms with Crippen LogP contribution in [0.25, 0.3) is 0 Å². The summed E-state index contributed by atoms with van der Waals surface area (Å²) in [5.41, 5.74) is 0.266. The largest absolute Gasteiger partial charge is 0.392 e. The molecule has 2 saturated carbocycles. The molecule has 0 aromatic heterocycles. The number of rotatable bonds is 8. The van der Waals surface area contributed by atoms with Crippen LogP contribution in [-0.2, 0) is 4.74 Å². The number of aliphatic hydroxyl groups excluding tert-OH is 1. The number of methoxy groups -OCH3 is 1. The van der Waals surface area contributed by atoms with Gasteiger partial charge in [0.15, 0.2) is 5.96 Å². The van der Waals surface area contributed by atoms with Crippen LogP contribution >= 0.6 is 0 Å². The normalized spacial score (nSPS) is 29.6. The van der Waals surface area contributed by atoms with Crippen LogP contribution in [-0.4, -0.2) is 50.5 Å². The predicted octanol–water partition coefficient (Wildman–Crippen LogP) is 3.08. The van der Waals surface area contributed by atoms with Gasteiger partial charge >= 0.3 is 0 Å². The van der Waals surface area contributed by atoms with E-state index in [1.54, 1.807) is 7.11 Å². The molecule has 146 valence electrons. The quantitative estimate of drug-likeness (QED) is 0.463. The molecule has 0 saturated heterocycles. The second-order valence-electron chi connectivity index (χ2n) is 8.41. The topological polar surface area (TPSA) is 65.9 Å². The van der Waals surface area contributed by atoms with Gasteiger partial charge in [-0.25, -0.2) is 0 Å². The Morgan fingerprint density at radius 1 is 1.16 bits per heavy atom. The first-order valence-electron chi connectivity index (χ1n) is 10.2. The molecule has 2 fully saturated rings. The Morgan fingerprint density at radius 2 is 1.88 bits per heavy atom. The van der Waals surface area contributed by atoms with Crippen molar-refractivity contribution in [3.05, 3.63) is 0 Å². The molecule has 0 bridgehead atoms. The van der Waals surface area contributed by atoms with Crippen LogP contribution in [0.2, 0.25) is 0 Å². The summed E-state index contributed by atoms with van der Waals surface area (Å²) in [4.78, 5) is 4.92. The molecule has 25 heavy (non-hydrogen) atoms. The molecule has 0 aromatic rings. The fourth-order valence-corrected chi connectivity index (χ4v) is 4.39. The van der Waals surface area contributed by atoms with Crippen LogP contribution in [0, 0.1) is 10.8 Å². The van der Waals surface area contributed by atoms with Crippen molar-refractivity contribution in [2.24, 2.45) is 15.8 Å². The highest BCUT2D eigenvalue weighted by atomic mass is 16.5. The van der Waals surface area contributed by atoms with E-state index in [4.69, 9.17) is 9.73 Å². The van der Waals surface area contributed by atoms with E-state index in [0.29, 0.717) is 5.41 Å². The van der Waals surface area contributed by atoms with Crippen molar-refractivity contribution in [2.45, 2.75) is 77.7 Å². The lowest BCUT2D eigenvalue weighted by molar-refractivity contribution is 0.00396. The van der Waals surface area contributed by atoms with Crippen LogP contribution in [0.4, 0.5) is 0 Å². The Hall–Kier alpha value is -0.810. The first kappa shape index (κ1) is 20.5. The number of hydrogen-bond donors (Lipinski definition) is 3. The van der Waals surface area contributed by atoms with Crippen molar-refractivity contribution in [1.82, 2.24) is 10.6 Å². The first-order chi connectivity index (χ1) is 12.0. The van der Waals surface area contributed by atoms with Crippen molar-refractivity contribution >= 4 is 5.96 Å². The number of nitrogens with one attached hydrogen (secondary N) is 2. The summed E-state index contributed by atoms with van der Waals surface area (Å²) in [6, 6.07) is 0. The van der Waals surface area contributed by atoms with Gasteiger partial charge in [0, 0.05) is 38.8 Å². The molecule has 0 heterocycles. The second-order valence-corrected chi connectivity index (χ2v) is 8.41. The Morgan fingerprint density at radius 3 is 2.52 bits per heavy atom. The van der Waals surface area contributed by atoms with Gasteiger partial charge in [0.2, 0.25) is 0 Å². The van der Waals surface area contributed by atoms with E-state index in [9.17, 15) is 5.11 Å². The third-order valence-corrected chi connectivity index (χ3v) is 6.36. The average molecular weight is 354 g/mol. The van der Waals surface area contributed by atoms with E-state index >= 15 is 0 Å². The minimum atomic E-state index is -0.209. The lowest BCUT2D eigenvalue weighted by Crippen LogP contribution is -2.48. The third-order valence-electron chi connectivity index (χ3n) is 6.36. The van der Waals surface area contributed by atoms with Gasteiger partial charge in [-0.1, -0.05) is 32.6 Å². The Bertz CT molecular complexity index is 421. The second kappa shape index (κ2) is 9.77. The molecule has 5 nitrogen and oxygen atoms in total. The number of aliphatic imine (C=N–C) groups is 1. The predicted molar refractivity (Wildman–Crippen MR) is 104 cm³/mol. The Balaban J connectivity index is 1.95. The van der Waals surface area contributed by atoms with Gasteiger partial charge in [-0.15, -0.1) is 0 Å². The Kier molecular flexibility index (Phi) is 8.01. The molecular formula is C20H39N3O2. The van der Waals surface area contributed by atoms with E-state index in [1.165, 1.54) is 32.1 Å². The van der Waals surface area contributed by atoms with E-state index in [-0.39, 0.29) is 11.5 Å². The minimum Gasteiger partial charge on any atom is -0.392 e. The van der Waals surface area contributed by atoms with Gasteiger partial charge < -0.3 is 20.5 Å². The van der Waals surface area contributed by atoms with E-state index in [1.807, 2.05) is 0 Å².